The van der Waals surface area contributed by atoms with Crippen LogP contribution in [-0.4, -0.2) is 48.4 Å². The Hall–Kier alpha value is -2.45. The van der Waals surface area contributed by atoms with Crippen LogP contribution in [-0.2, 0) is 30.3 Å². The van der Waals surface area contributed by atoms with Crippen LogP contribution in [0.2, 0.25) is 0 Å². The first-order valence-corrected chi connectivity index (χ1v) is 6.44. The van der Waals surface area contributed by atoms with Gasteiger partial charge in [-0.1, -0.05) is 12.1 Å². The number of ether oxygens (including phenoxy) is 3. The van der Waals surface area contributed by atoms with Gasteiger partial charge in [0.2, 0.25) is 0 Å². The summed E-state index contributed by atoms with van der Waals surface area (Å²) in [6, 6.07) is 5.25. The molecule has 0 aliphatic carbocycles. The van der Waals surface area contributed by atoms with Gasteiger partial charge in [-0.2, -0.15) is 0 Å². The van der Waals surface area contributed by atoms with E-state index in [4.69, 9.17) is 20.3 Å². The Morgan fingerprint density at radius 3 is 2.36 bits per heavy atom. The molecule has 3 N–H and O–H groups in total. The first kappa shape index (κ1) is 15.9. The molecular weight excluding hydrogens is 294 g/mol. The smallest absolute Gasteiger partial charge is 0.344 e. The Morgan fingerprint density at radius 2 is 1.82 bits per heavy atom. The molecule has 3 atom stereocenters. The zero-order chi connectivity index (χ0) is 16.3. The van der Waals surface area contributed by atoms with E-state index in [1.807, 2.05) is 0 Å². The first-order valence-electron chi connectivity index (χ1n) is 6.44. The molecule has 1 fully saturated rings. The van der Waals surface area contributed by atoms with Crippen LogP contribution in [0.4, 0.5) is 0 Å². The molecule has 0 radical (unpaired) electrons. The van der Waals surface area contributed by atoms with Crippen molar-refractivity contribution in [3.8, 4) is 5.75 Å². The van der Waals surface area contributed by atoms with E-state index in [0.29, 0.717) is 5.56 Å². The fourth-order valence-electron chi connectivity index (χ4n) is 1.80. The van der Waals surface area contributed by atoms with Gasteiger partial charge >= 0.3 is 17.9 Å². The second-order valence-electron chi connectivity index (χ2n) is 4.71. The quantitative estimate of drug-likeness (QED) is 0.408. The summed E-state index contributed by atoms with van der Waals surface area (Å²) in [5, 5.41) is 8.73. The molecule has 0 bridgehead atoms. The van der Waals surface area contributed by atoms with Crippen molar-refractivity contribution in [2.75, 3.05) is 7.11 Å². The Balaban J connectivity index is 1.88. The van der Waals surface area contributed by atoms with Gasteiger partial charge in [0.05, 0.1) is 7.11 Å². The highest BCUT2D eigenvalue weighted by molar-refractivity contribution is 5.90. The summed E-state index contributed by atoms with van der Waals surface area (Å²) in [5.74, 6) is -2.14. The molecule has 0 spiro atoms. The second-order valence-corrected chi connectivity index (χ2v) is 4.71. The van der Waals surface area contributed by atoms with Gasteiger partial charge < -0.3 is 25.1 Å². The molecule has 0 saturated carbocycles. The van der Waals surface area contributed by atoms with E-state index in [1.54, 1.807) is 12.1 Å². The first-order chi connectivity index (χ1) is 10.4. The largest absolute Gasteiger partial charge is 0.480 e. The molecule has 8 nitrogen and oxygen atoms in total. The molecule has 0 amide bonds. The molecule has 8 heteroatoms. The van der Waals surface area contributed by atoms with Crippen molar-refractivity contribution in [1.29, 1.82) is 0 Å². The van der Waals surface area contributed by atoms with E-state index < -0.39 is 36.2 Å². The molecule has 1 saturated heterocycles. The molecule has 22 heavy (non-hydrogen) atoms. The summed E-state index contributed by atoms with van der Waals surface area (Å²) >= 11 is 0. The van der Waals surface area contributed by atoms with Crippen LogP contribution in [0.5, 0.6) is 5.75 Å². The molecule has 1 heterocycles. The molecule has 1 aromatic carbocycles. The van der Waals surface area contributed by atoms with Crippen molar-refractivity contribution in [3.63, 3.8) is 0 Å². The lowest BCUT2D eigenvalue weighted by Crippen LogP contribution is -2.32. The van der Waals surface area contributed by atoms with Gasteiger partial charge in [-0.15, -0.1) is 0 Å². The van der Waals surface area contributed by atoms with Gasteiger partial charge in [-0.25, -0.2) is 9.59 Å². The minimum Gasteiger partial charge on any atom is -0.480 e. The van der Waals surface area contributed by atoms with Crippen molar-refractivity contribution in [1.82, 2.24) is 0 Å². The zero-order valence-corrected chi connectivity index (χ0v) is 11.7. The standard InChI is InChI=1S/C14H15NO7/c1-20-13(18)10-11(22-10)14(19)21-8-4-2-7(3-5-8)6-9(15)12(16)17/h2-5,9-11H,6,15H2,1H3,(H,16,17)/t9-,10?,11?/m0/s1. The Kier molecular flexibility index (Phi) is 4.74. The molecular formula is C14H15NO7. The monoisotopic (exact) mass is 309 g/mol. The number of carbonyl (C=O) groups is 3. The molecule has 2 rings (SSSR count). The van der Waals surface area contributed by atoms with Crippen molar-refractivity contribution in [3.05, 3.63) is 29.8 Å². The topological polar surface area (TPSA) is 128 Å². The SMILES string of the molecule is COC(=O)C1OC1C(=O)Oc1ccc(C[C@H](N)C(=O)O)cc1. The number of hydrogen-bond acceptors (Lipinski definition) is 7. The number of aliphatic carboxylic acids is 1. The number of carbonyl (C=O) groups excluding carboxylic acids is 2. The molecule has 2 unspecified atom stereocenters. The molecule has 1 aromatic rings. The van der Waals surface area contributed by atoms with Gasteiger partial charge in [-0.3, -0.25) is 4.79 Å². The van der Waals surface area contributed by atoms with Crippen LogP contribution in [0, 0.1) is 0 Å². The van der Waals surface area contributed by atoms with Crippen LogP contribution in [0.3, 0.4) is 0 Å². The van der Waals surface area contributed by atoms with Crippen molar-refractivity contribution in [2.45, 2.75) is 24.7 Å². The lowest BCUT2D eigenvalue weighted by Gasteiger charge is -2.07. The van der Waals surface area contributed by atoms with Crippen LogP contribution >= 0.6 is 0 Å². The fourth-order valence-corrected chi connectivity index (χ4v) is 1.80. The number of esters is 2. The average molecular weight is 309 g/mol. The maximum atomic E-state index is 11.7. The van der Waals surface area contributed by atoms with Gasteiger partial charge in [0.1, 0.15) is 11.8 Å². The van der Waals surface area contributed by atoms with Gasteiger partial charge in [0, 0.05) is 0 Å². The average Bonchev–Trinajstić information content (AvgIpc) is 3.29. The molecule has 118 valence electrons. The number of benzene rings is 1. The summed E-state index contributed by atoms with van der Waals surface area (Å²) in [6.45, 7) is 0. The highest BCUT2D eigenvalue weighted by Crippen LogP contribution is 2.25. The van der Waals surface area contributed by atoms with E-state index in [1.165, 1.54) is 19.2 Å². The molecule has 1 aliphatic rings. The number of epoxide rings is 1. The summed E-state index contributed by atoms with van der Waals surface area (Å²) in [4.78, 5) is 33.5. The predicted octanol–water partition coefficient (Wildman–Crippen LogP) is -0.513. The molecule has 0 aromatic heterocycles. The number of methoxy groups -OCH3 is 1. The zero-order valence-electron chi connectivity index (χ0n) is 11.7. The normalized spacial score (nSPS) is 20.8. The Bertz CT molecular complexity index is 583. The lowest BCUT2D eigenvalue weighted by atomic mass is 10.1. The van der Waals surface area contributed by atoms with Crippen LogP contribution in [0.1, 0.15) is 5.56 Å². The summed E-state index contributed by atoms with van der Waals surface area (Å²) in [5.41, 5.74) is 6.13. The van der Waals surface area contributed by atoms with Crippen LogP contribution in [0.15, 0.2) is 24.3 Å². The highest BCUT2D eigenvalue weighted by Gasteiger charge is 2.52. The number of carboxylic acid groups (broad SMARTS) is 1. The van der Waals surface area contributed by atoms with Crippen LogP contribution in [0.25, 0.3) is 0 Å². The number of carboxylic acids is 1. The maximum absolute atomic E-state index is 11.7. The summed E-state index contributed by atoms with van der Waals surface area (Å²) < 4.78 is 14.4. The van der Waals surface area contributed by atoms with E-state index in [0.717, 1.165) is 0 Å². The van der Waals surface area contributed by atoms with Crippen molar-refractivity contribution < 1.29 is 33.7 Å². The minimum atomic E-state index is -1.09. The lowest BCUT2D eigenvalue weighted by molar-refractivity contribution is -0.142. The third-order valence-corrected chi connectivity index (χ3v) is 3.07. The van der Waals surface area contributed by atoms with Crippen molar-refractivity contribution in [2.24, 2.45) is 5.73 Å². The van der Waals surface area contributed by atoms with Crippen LogP contribution < -0.4 is 10.5 Å². The van der Waals surface area contributed by atoms with Gasteiger partial charge in [0.25, 0.3) is 0 Å². The number of rotatable bonds is 6. The Morgan fingerprint density at radius 1 is 1.23 bits per heavy atom. The second kappa shape index (κ2) is 6.54. The highest BCUT2D eigenvalue weighted by atomic mass is 16.7. The van der Waals surface area contributed by atoms with Crippen molar-refractivity contribution >= 4 is 17.9 Å². The minimum absolute atomic E-state index is 0.166. The maximum Gasteiger partial charge on any atom is 0.344 e. The summed E-state index contributed by atoms with van der Waals surface area (Å²) in [6.07, 6.45) is -1.70. The fraction of sp³-hybridized carbons (Fsp3) is 0.357. The molecule has 1 aliphatic heterocycles. The van der Waals surface area contributed by atoms with Gasteiger partial charge in [-0.05, 0) is 24.1 Å². The van der Waals surface area contributed by atoms with E-state index in [9.17, 15) is 14.4 Å². The third-order valence-electron chi connectivity index (χ3n) is 3.07. The van der Waals surface area contributed by atoms with E-state index >= 15 is 0 Å². The van der Waals surface area contributed by atoms with E-state index in [2.05, 4.69) is 4.74 Å². The number of hydrogen-bond donors (Lipinski definition) is 2. The van der Waals surface area contributed by atoms with Gasteiger partial charge in [0.15, 0.2) is 12.2 Å². The number of nitrogens with two attached hydrogens (primary N) is 1. The third kappa shape index (κ3) is 3.80. The summed E-state index contributed by atoms with van der Waals surface area (Å²) in [7, 11) is 1.20. The van der Waals surface area contributed by atoms with E-state index in [-0.39, 0.29) is 12.2 Å². The Labute approximate surface area is 125 Å². The predicted molar refractivity (Wildman–Crippen MR) is 72.1 cm³/mol.